The minimum absolute atomic E-state index is 0.0986. The molecule has 134 valence electrons. The zero-order valence-corrected chi connectivity index (χ0v) is 13.7. The Kier molecular flexibility index (Phi) is 6.27. The van der Waals surface area contributed by atoms with Crippen molar-refractivity contribution in [1.82, 2.24) is 5.32 Å². The zero-order chi connectivity index (χ0) is 18.3. The molecule has 0 aromatic heterocycles. The van der Waals surface area contributed by atoms with E-state index in [1.807, 2.05) is 42.3 Å². The fraction of sp³-hybridized carbons (Fsp3) is 0.278. The average molecular weight is 352 g/mol. The van der Waals surface area contributed by atoms with Gasteiger partial charge in [0.05, 0.1) is 6.42 Å². The van der Waals surface area contributed by atoms with Crippen molar-refractivity contribution in [3.05, 3.63) is 60.2 Å². The van der Waals surface area contributed by atoms with Crippen LogP contribution < -0.4 is 15.0 Å². The number of ether oxygens (including phenoxy) is 1. The summed E-state index contributed by atoms with van der Waals surface area (Å²) in [5.41, 5.74) is 1.67. The molecular weight excluding hydrogens is 333 g/mol. The Bertz CT molecular complexity index is 673. The number of benzene rings is 2. The molecule has 0 spiro atoms. The number of carbonyl (C=O) groups is 1. The van der Waals surface area contributed by atoms with E-state index in [4.69, 9.17) is 0 Å². The van der Waals surface area contributed by atoms with Gasteiger partial charge in [-0.25, -0.2) is 0 Å². The number of hydrogen-bond acceptors (Lipinski definition) is 3. The third kappa shape index (κ3) is 6.74. The minimum atomic E-state index is -4.72. The van der Waals surface area contributed by atoms with E-state index in [-0.39, 0.29) is 18.1 Å². The number of likely N-dealkylation sites (N-methyl/N-ethyl adjacent to an activating group) is 1. The van der Waals surface area contributed by atoms with Crippen molar-refractivity contribution in [2.24, 2.45) is 0 Å². The molecule has 0 aliphatic heterocycles. The van der Waals surface area contributed by atoms with Crippen LogP contribution in [-0.2, 0) is 11.2 Å². The second-order valence-electron chi connectivity index (χ2n) is 5.48. The summed E-state index contributed by atoms with van der Waals surface area (Å²) in [5, 5.41) is 2.79. The van der Waals surface area contributed by atoms with Gasteiger partial charge in [-0.1, -0.05) is 30.3 Å². The largest absolute Gasteiger partial charge is 0.573 e. The van der Waals surface area contributed by atoms with E-state index in [9.17, 15) is 18.0 Å². The van der Waals surface area contributed by atoms with Crippen LogP contribution in [0, 0.1) is 0 Å². The number of para-hydroxylation sites is 1. The molecule has 0 saturated heterocycles. The van der Waals surface area contributed by atoms with Crippen molar-refractivity contribution in [2.45, 2.75) is 12.8 Å². The van der Waals surface area contributed by atoms with Crippen molar-refractivity contribution in [3.63, 3.8) is 0 Å². The minimum Gasteiger partial charge on any atom is -0.406 e. The lowest BCUT2D eigenvalue weighted by Gasteiger charge is -2.19. The molecule has 2 aromatic carbocycles. The van der Waals surface area contributed by atoms with Crippen LogP contribution in [0.4, 0.5) is 18.9 Å². The number of amides is 1. The molecule has 0 saturated carbocycles. The Balaban J connectivity index is 1.75. The second kappa shape index (κ2) is 8.41. The van der Waals surface area contributed by atoms with Gasteiger partial charge in [0.1, 0.15) is 5.75 Å². The molecule has 0 atom stereocenters. The van der Waals surface area contributed by atoms with Gasteiger partial charge in [-0.2, -0.15) is 0 Å². The first-order valence-corrected chi connectivity index (χ1v) is 7.71. The zero-order valence-electron chi connectivity index (χ0n) is 13.7. The molecular formula is C18H19F3N2O2. The highest BCUT2D eigenvalue weighted by atomic mass is 19.4. The van der Waals surface area contributed by atoms with E-state index in [0.717, 1.165) is 5.69 Å². The van der Waals surface area contributed by atoms with Crippen LogP contribution in [0.1, 0.15) is 5.56 Å². The molecule has 0 bridgehead atoms. The number of halogens is 3. The summed E-state index contributed by atoms with van der Waals surface area (Å²) < 4.78 is 40.1. The SMILES string of the molecule is CN(CCNC(=O)Cc1ccc(OC(F)(F)F)cc1)c1ccccc1. The Morgan fingerprint density at radius 3 is 2.32 bits per heavy atom. The van der Waals surface area contributed by atoms with Crippen LogP contribution in [0.25, 0.3) is 0 Å². The van der Waals surface area contributed by atoms with Gasteiger partial charge < -0.3 is 15.0 Å². The van der Waals surface area contributed by atoms with Gasteiger partial charge >= 0.3 is 6.36 Å². The fourth-order valence-corrected chi connectivity index (χ4v) is 2.23. The lowest BCUT2D eigenvalue weighted by Crippen LogP contribution is -2.33. The van der Waals surface area contributed by atoms with E-state index >= 15 is 0 Å². The predicted octanol–water partition coefficient (Wildman–Crippen LogP) is 3.38. The first-order chi connectivity index (χ1) is 11.8. The lowest BCUT2D eigenvalue weighted by atomic mass is 10.1. The van der Waals surface area contributed by atoms with Gasteiger partial charge in [-0.3, -0.25) is 4.79 Å². The van der Waals surface area contributed by atoms with Crippen molar-refractivity contribution >= 4 is 11.6 Å². The lowest BCUT2D eigenvalue weighted by molar-refractivity contribution is -0.274. The van der Waals surface area contributed by atoms with E-state index < -0.39 is 6.36 Å². The summed E-state index contributed by atoms with van der Waals surface area (Å²) in [6, 6.07) is 15.0. The summed E-state index contributed by atoms with van der Waals surface area (Å²) in [5.74, 6) is -0.493. The number of anilines is 1. The molecule has 4 nitrogen and oxygen atoms in total. The van der Waals surface area contributed by atoms with Gasteiger partial charge in [0.25, 0.3) is 0 Å². The summed E-state index contributed by atoms with van der Waals surface area (Å²) in [4.78, 5) is 13.9. The first kappa shape index (κ1) is 18.6. The van der Waals surface area contributed by atoms with Gasteiger partial charge in [0, 0.05) is 25.8 Å². The number of alkyl halides is 3. The van der Waals surface area contributed by atoms with Crippen molar-refractivity contribution in [3.8, 4) is 5.75 Å². The monoisotopic (exact) mass is 352 g/mol. The molecule has 0 radical (unpaired) electrons. The first-order valence-electron chi connectivity index (χ1n) is 7.71. The Morgan fingerprint density at radius 2 is 1.72 bits per heavy atom. The van der Waals surface area contributed by atoms with Crippen LogP contribution >= 0.6 is 0 Å². The number of rotatable bonds is 7. The van der Waals surface area contributed by atoms with E-state index in [2.05, 4.69) is 10.1 Å². The van der Waals surface area contributed by atoms with E-state index in [1.54, 1.807) is 0 Å². The van der Waals surface area contributed by atoms with Crippen LogP contribution in [0.15, 0.2) is 54.6 Å². The molecule has 2 rings (SSSR count). The molecule has 0 aliphatic rings. The average Bonchev–Trinajstić information content (AvgIpc) is 2.56. The Hall–Kier alpha value is -2.70. The number of nitrogens with one attached hydrogen (secondary N) is 1. The molecule has 0 aliphatic carbocycles. The van der Waals surface area contributed by atoms with Crippen LogP contribution in [0.2, 0.25) is 0 Å². The quantitative estimate of drug-likeness (QED) is 0.831. The van der Waals surface area contributed by atoms with Crippen LogP contribution in [0.5, 0.6) is 5.75 Å². The van der Waals surface area contributed by atoms with E-state index in [0.29, 0.717) is 18.7 Å². The normalized spacial score (nSPS) is 11.0. The summed E-state index contributed by atoms with van der Waals surface area (Å²) in [6.45, 7) is 1.12. The smallest absolute Gasteiger partial charge is 0.406 e. The van der Waals surface area contributed by atoms with Crippen molar-refractivity contribution in [2.75, 3.05) is 25.0 Å². The third-order valence-corrected chi connectivity index (χ3v) is 3.49. The predicted molar refractivity (Wildman–Crippen MR) is 89.6 cm³/mol. The second-order valence-corrected chi connectivity index (χ2v) is 5.48. The highest BCUT2D eigenvalue weighted by Crippen LogP contribution is 2.22. The standard InChI is InChI=1S/C18H19F3N2O2/c1-23(15-5-3-2-4-6-15)12-11-22-17(24)13-14-7-9-16(10-8-14)25-18(19,20)21/h2-10H,11-13H2,1H3,(H,22,24). The molecule has 0 heterocycles. The molecule has 1 amide bonds. The highest BCUT2D eigenvalue weighted by Gasteiger charge is 2.30. The summed E-state index contributed by atoms with van der Waals surface area (Å²) in [7, 11) is 1.93. The summed E-state index contributed by atoms with van der Waals surface area (Å²) in [6.07, 6.45) is -4.62. The molecule has 7 heteroatoms. The Labute approximate surface area is 144 Å². The Morgan fingerprint density at radius 1 is 1.08 bits per heavy atom. The molecule has 2 aromatic rings. The fourth-order valence-electron chi connectivity index (χ4n) is 2.23. The number of hydrogen-bond donors (Lipinski definition) is 1. The van der Waals surface area contributed by atoms with Crippen molar-refractivity contribution < 1.29 is 22.7 Å². The number of carbonyl (C=O) groups excluding carboxylic acids is 1. The molecule has 0 unspecified atom stereocenters. The number of nitrogens with zero attached hydrogens (tertiary/aromatic N) is 1. The maximum Gasteiger partial charge on any atom is 0.573 e. The van der Waals surface area contributed by atoms with Gasteiger partial charge in [0.15, 0.2) is 0 Å². The molecule has 25 heavy (non-hydrogen) atoms. The molecule has 0 fully saturated rings. The van der Waals surface area contributed by atoms with Crippen molar-refractivity contribution in [1.29, 1.82) is 0 Å². The maximum atomic E-state index is 12.1. The summed E-state index contributed by atoms with van der Waals surface area (Å²) >= 11 is 0. The molecule has 1 N–H and O–H groups in total. The topological polar surface area (TPSA) is 41.6 Å². The van der Waals surface area contributed by atoms with Gasteiger partial charge in [-0.15, -0.1) is 13.2 Å². The highest BCUT2D eigenvalue weighted by molar-refractivity contribution is 5.78. The van der Waals surface area contributed by atoms with Crippen LogP contribution in [-0.4, -0.2) is 32.4 Å². The van der Waals surface area contributed by atoms with E-state index in [1.165, 1.54) is 24.3 Å². The van der Waals surface area contributed by atoms with Gasteiger partial charge in [-0.05, 0) is 29.8 Å². The van der Waals surface area contributed by atoms with Gasteiger partial charge in [0.2, 0.25) is 5.91 Å². The van der Waals surface area contributed by atoms with Crippen LogP contribution in [0.3, 0.4) is 0 Å². The third-order valence-electron chi connectivity index (χ3n) is 3.49. The maximum absolute atomic E-state index is 12.1.